The molecule has 30 heavy (non-hydrogen) atoms. The van der Waals surface area contributed by atoms with Gasteiger partial charge in [-0.2, -0.15) is 0 Å². The zero-order valence-corrected chi connectivity index (χ0v) is 17.7. The molecule has 0 spiro atoms. The van der Waals surface area contributed by atoms with E-state index in [-0.39, 0.29) is 24.0 Å². The minimum atomic E-state index is -0.365. The summed E-state index contributed by atoms with van der Waals surface area (Å²) in [6, 6.07) is 5.63. The largest absolute Gasteiger partial charge is 0.486 e. The van der Waals surface area contributed by atoms with Gasteiger partial charge < -0.3 is 14.8 Å². The molecule has 8 nitrogen and oxygen atoms in total. The van der Waals surface area contributed by atoms with Crippen molar-refractivity contribution in [1.29, 1.82) is 0 Å². The van der Waals surface area contributed by atoms with Crippen LogP contribution in [-0.2, 0) is 11.3 Å². The third kappa shape index (κ3) is 5.23. The summed E-state index contributed by atoms with van der Waals surface area (Å²) >= 11 is 0. The van der Waals surface area contributed by atoms with Crippen molar-refractivity contribution in [2.24, 2.45) is 0 Å². The standard InChI is InChI=1S/C22H32N4O4/c1-16(21(27)24-22(28)23-18-4-2-3-5-18)26-10-8-25(9-11-26)15-17-6-7-19-20(14-17)30-13-12-29-19/h6-7,14,16,18H,2-5,8-13,15H2,1H3,(H2,23,24,27,28)/t16-/m1/s1. The average Bonchev–Trinajstić information content (AvgIpc) is 3.26. The van der Waals surface area contributed by atoms with Crippen LogP contribution in [0.25, 0.3) is 0 Å². The molecule has 1 aromatic rings. The van der Waals surface area contributed by atoms with E-state index in [0.29, 0.717) is 13.2 Å². The fraction of sp³-hybridized carbons (Fsp3) is 0.636. The summed E-state index contributed by atoms with van der Waals surface area (Å²) in [6.07, 6.45) is 4.29. The van der Waals surface area contributed by atoms with Crippen molar-refractivity contribution in [1.82, 2.24) is 20.4 Å². The highest BCUT2D eigenvalue weighted by Crippen LogP contribution is 2.31. The van der Waals surface area contributed by atoms with Gasteiger partial charge >= 0.3 is 6.03 Å². The lowest BCUT2D eigenvalue weighted by Crippen LogP contribution is -2.55. The van der Waals surface area contributed by atoms with Crippen LogP contribution in [-0.4, -0.2) is 73.2 Å². The van der Waals surface area contributed by atoms with Gasteiger partial charge in [-0.3, -0.25) is 19.9 Å². The second kappa shape index (κ2) is 9.66. The molecule has 164 valence electrons. The second-order valence-electron chi connectivity index (χ2n) is 8.41. The van der Waals surface area contributed by atoms with Crippen LogP contribution in [0.1, 0.15) is 38.2 Å². The zero-order valence-electron chi connectivity index (χ0n) is 17.7. The van der Waals surface area contributed by atoms with Crippen molar-refractivity contribution in [3.63, 3.8) is 0 Å². The molecular weight excluding hydrogens is 384 g/mol. The minimum Gasteiger partial charge on any atom is -0.486 e. The van der Waals surface area contributed by atoms with E-state index in [1.54, 1.807) is 0 Å². The SMILES string of the molecule is C[C@H](C(=O)NC(=O)NC1CCCC1)N1CCN(Cc2ccc3c(c2)OCCO3)CC1. The van der Waals surface area contributed by atoms with Crippen LogP contribution in [0, 0.1) is 0 Å². The van der Waals surface area contributed by atoms with Gasteiger partial charge in [0.2, 0.25) is 5.91 Å². The predicted molar refractivity (Wildman–Crippen MR) is 113 cm³/mol. The van der Waals surface area contributed by atoms with Crippen molar-refractivity contribution in [2.45, 2.75) is 51.2 Å². The summed E-state index contributed by atoms with van der Waals surface area (Å²) in [5.74, 6) is 1.40. The molecule has 0 bridgehead atoms. The molecule has 3 amide bonds. The molecule has 2 fully saturated rings. The highest BCUT2D eigenvalue weighted by molar-refractivity contribution is 5.96. The van der Waals surface area contributed by atoms with Gasteiger partial charge in [-0.15, -0.1) is 0 Å². The quantitative estimate of drug-likeness (QED) is 0.761. The van der Waals surface area contributed by atoms with Crippen LogP contribution in [0.2, 0.25) is 0 Å². The molecule has 1 saturated carbocycles. The number of nitrogens with zero attached hydrogens (tertiary/aromatic N) is 2. The van der Waals surface area contributed by atoms with Crippen LogP contribution in [0.3, 0.4) is 0 Å². The topological polar surface area (TPSA) is 83.1 Å². The van der Waals surface area contributed by atoms with Crippen molar-refractivity contribution >= 4 is 11.9 Å². The number of imide groups is 1. The van der Waals surface area contributed by atoms with Crippen LogP contribution >= 0.6 is 0 Å². The molecule has 0 aromatic heterocycles. The maximum atomic E-state index is 12.5. The molecule has 8 heteroatoms. The number of rotatable bonds is 5. The summed E-state index contributed by atoms with van der Waals surface area (Å²) in [7, 11) is 0. The first kappa shape index (κ1) is 20.9. The summed E-state index contributed by atoms with van der Waals surface area (Å²) in [5.41, 5.74) is 1.20. The Morgan fingerprint density at radius 3 is 2.50 bits per heavy atom. The van der Waals surface area contributed by atoms with Gasteiger partial charge in [0.1, 0.15) is 13.2 Å². The molecule has 1 atom stereocenters. The molecule has 2 N–H and O–H groups in total. The average molecular weight is 417 g/mol. The number of carbonyl (C=O) groups excluding carboxylic acids is 2. The van der Waals surface area contributed by atoms with E-state index in [2.05, 4.69) is 32.6 Å². The Labute approximate surface area is 177 Å². The van der Waals surface area contributed by atoms with E-state index >= 15 is 0 Å². The summed E-state index contributed by atoms with van der Waals surface area (Å²) < 4.78 is 11.3. The van der Waals surface area contributed by atoms with E-state index in [0.717, 1.165) is 69.9 Å². The fourth-order valence-corrected chi connectivity index (χ4v) is 4.43. The Morgan fingerprint density at radius 2 is 1.77 bits per heavy atom. The summed E-state index contributed by atoms with van der Waals surface area (Å²) in [6.45, 7) is 7.24. The van der Waals surface area contributed by atoms with Crippen molar-refractivity contribution < 1.29 is 19.1 Å². The van der Waals surface area contributed by atoms with Crippen molar-refractivity contribution in [3.8, 4) is 11.5 Å². The van der Waals surface area contributed by atoms with Crippen LogP contribution < -0.4 is 20.1 Å². The van der Waals surface area contributed by atoms with Gasteiger partial charge in [-0.25, -0.2) is 4.79 Å². The predicted octanol–water partition coefficient (Wildman–Crippen LogP) is 1.73. The van der Waals surface area contributed by atoms with Crippen molar-refractivity contribution in [2.75, 3.05) is 39.4 Å². The number of hydrogen-bond donors (Lipinski definition) is 2. The number of hydrogen-bond acceptors (Lipinski definition) is 6. The first-order valence-electron chi connectivity index (χ1n) is 11.0. The highest BCUT2D eigenvalue weighted by Gasteiger charge is 2.27. The Hall–Kier alpha value is -2.32. The van der Waals surface area contributed by atoms with Crippen LogP contribution in [0.4, 0.5) is 4.79 Å². The van der Waals surface area contributed by atoms with Gasteiger partial charge in [0.05, 0.1) is 6.04 Å². The molecule has 4 rings (SSSR count). The summed E-state index contributed by atoms with van der Waals surface area (Å²) in [4.78, 5) is 29.1. The molecule has 3 aliphatic rings. The van der Waals surface area contributed by atoms with E-state index in [4.69, 9.17) is 9.47 Å². The maximum absolute atomic E-state index is 12.5. The Kier molecular flexibility index (Phi) is 6.74. The molecule has 0 unspecified atom stereocenters. The Bertz CT molecular complexity index is 758. The third-order valence-electron chi connectivity index (χ3n) is 6.27. The molecule has 1 aromatic carbocycles. The van der Waals surface area contributed by atoms with Crippen LogP contribution in [0.15, 0.2) is 18.2 Å². The van der Waals surface area contributed by atoms with Gasteiger partial charge in [-0.05, 0) is 37.5 Å². The number of urea groups is 1. The number of ether oxygens (including phenoxy) is 2. The fourth-order valence-electron chi connectivity index (χ4n) is 4.43. The van der Waals surface area contributed by atoms with Gasteiger partial charge in [0.15, 0.2) is 11.5 Å². The number of piperazine rings is 1. The van der Waals surface area contributed by atoms with E-state index in [1.165, 1.54) is 5.56 Å². The maximum Gasteiger partial charge on any atom is 0.321 e. The Morgan fingerprint density at radius 1 is 1.07 bits per heavy atom. The molecule has 1 saturated heterocycles. The van der Waals surface area contributed by atoms with Gasteiger partial charge in [0, 0.05) is 38.8 Å². The second-order valence-corrected chi connectivity index (χ2v) is 8.41. The van der Waals surface area contributed by atoms with Crippen LogP contribution in [0.5, 0.6) is 11.5 Å². The van der Waals surface area contributed by atoms with E-state index in [9.17, 15) is 9.59 Å². The molecule has 2 aliphatic heterocycles. The van der Waals surface area contributed by atoms with Crippen molar-refractivity contribution in [3.05, 3.63) is 23.8 Å². The lowest BCUT2D eigenvalue weighted by molar-refractivity contribution is -0.125. The smallest absolute Gasteiger partial charge is 0.321 e. The molecule has 1 aliphatic carbocycles. The lowest BCUT2D eigenvalue weighted by atomic mass is 10.1. The van der Waals surface area contributed by atoms with Gasteiger partial charge in [-0.1, -0.05) is 18.9 Å². The lowest BCUT2D eigenvalue weighted by Gasteiger charge is -2.37. The highest BCUT2D eigenvalue weighted by atomic mass is 16.6. The first-order chi connectivity index (χ1) is 14.6. The number of nitrogens with one attached hydrogen (secondary N) is 2. The van der Waals surface area contributed by atoms with Gasteiger partial charge in [0.25, 0.3) is 0 Å². The van der Waals surface area contributed by atoms with E-state index in [1.807, 2.05) is 13.0 Å². The number of fused-ring (bicyclic) bond motifs is 1. The normalized spacial score (nSPS) is 21.2. The third-order valence-corrected chi connectivity index (χ3v) is 6.27. The monoisotopic (exact) mass is 416 g/mol. The van der Waals surface area contributed by atoms with E-state index < -0.39 is 0 Å². The first-order valence-corrected chi connectivity index (χ1v) is 11.0. The number of benzene rings is 1. The number of amides is 3. The minimum absolute atomic E-state index is 0.206. The molecule has 2 heterocycles. The number of carbonyl (C=O) groups is 2. The molecular formula is C22H32N4O4. The zero-order chi connectivity index (χ0) is 20.9. The molecule has 0 radical (unpaired) electrons. The Balaban J connectivity index is 1.21. The summed E-state index contributed by atoms with van der Waals surface area (Å²) in [5, 5.41) is 5.42.